The number of urea groups is 1. The molecule has 1 aromatic carbocycles. The van der Waals surface area contributed by atoms with Gasteiger partial charge >= 0.3 is 6.03 Å². The fraction of sp³-hybridized carbons (Fsp3) is 0.267. The molecule has 1 unspecified atom stereocenters. The van der Waals surface area contributed by atoms with Gasteiger partial charge < -0.3 is 10.2 Å². The highest BCUT2D eigenvalue weighted by molar-refractivity contribution is 8.00. The summed E-state index contributed by atoms with van der Waals surface area (Å²) in [6.45, 7) is 3.72. The van der Waals surface area contributed by atoms with Crippen LogP contribution in [0.15, 0.2) is 40.1 Å². The maximum atomic E-state index is 12.0. The van der Waals surface area contributed by atoms with Gasteiger partial charge in [0.1, 0.15) is 0 Å². The van der Waals surface area contributed by atoms with E-state index in [9.17, 15) is 9.59 Å². The lowest BCUT2D eigenvalue weighted by atomic mass is 10.1. The van der Waals surface area contributed by atoms with Crippen LogP contribution in [-0.2, 0) is 4.79 Å². The second kappa shape index (κ2) is 7.52. The van der Waals surface area contributed by atoms with Gasteiger partial charge in [-0.25, -0.2) is 9.78 Å². The standard InChI is InChI=1S/C15H16ClN3O3S/c1-8(2)12(13(20)19-14(17)21)23-15-18-7-11(22-15)9-3-5-10(16)6-4-9/h3-8,12H,1-2H3,(H3,17,19,20,21). The molecule has 0 spiro atoms. The Hall–Kier alpha value is -1.99. The lowest BCUT2D eigenvalue weighted by Gasteiger charge is -2.16. The van der Waals surface area contributed by atoms with E-state index >= 15 is 0 Å². The van der Waals surface area contributed by atoms with Crippen molar-refractivity contribution in [3.63, 3.8) is 0 Å². The van der Waals surface area contributed by atoms with E-state index in [1.807, 2.05) is 26.0 Å². The van der Waals surface area contributed by atoms with E-state index in [0.717, 1.165) is 17.3 Å². The third kappa shape index (κ3) is 4.74. The molecule has 0 aliphatic heterocycles. The van der Waals surface area contributed by atoms with E-state index < -0.39 is 17.2 Å². The van der Waals surface area contributed by atoms with Crippen molar-refractivity contribution in [2.75, 3.05) is 0 Å². The van der Waals surface area contributed by atoms with Crippen LogP contribution < -0.4 is 11.1 Å². The molecule has 8 heteroatoms. The molecule has 1 aromatic heterocycles. The number of hydrogen-bond acceptors (Lipinski definition) is 5. The first-order valence-corrected chi connectivity index (χ1v) is 8.11. The van der Waals surface area contributed by atoms with Crippen molar-refractivity contribution in [1.82, 2.24) is 10.3 Å². The van der Waals surface area contributed by atoms with Gasteiger partial charge in [-0.05, 0) is 30.2 Å². The van der Waals surface area contributed by atoms with Crippen LogP contribution in [0.4, 0.5) is 4.79 Å². The van der Waals surface area contributed by atoms with Gasteiger partial charge in [-0.2, -0.15) is 0 Å². The van der Waals surface area contributed by atoms with Crippen molar-refractivity contribution in [3.05, 3.63) is 35.5 Å². The van der Waals surface area contributed by atoms with Crippen LogP contribution in [0.1, 0.15) is 13.8 Å². The SMILES string of the molecule is CC(C)C(Sc1ncc(-c2ccc(Cl)cc2)o1)C(=O)NC(N)=O. The number of primary amides is 1. The minimum atomic E-state index is -0.879. The quantitative estimate of drug-likeness (QED) is 0.803. The van der Waals surface area contributed by atoms with Crippen LogP contribution in [0.25, 0.3) is 11.3 Å². The lowest BCUT2D eigenvalue weighted by Crippen LogP contribution is -2.42. The van der Waals surface area contributed by atoms with Gasteiger partial charge in [0.25, 0.3) is 5.22 Å². The zero-order valence-electron chi connectivity index (χ0n) is 12.6. The number of oxazole rings is 1. The van der Waals surface area contributed by atoms with E-state index in [1.54, 1.807) is 18.3 Å². The highest BCUT2D eigenvalue weighted by Gasteiger charge is 2.26. The summed E-state index contributed by atoms with van der Waals surface area (Å²) in [7, 11) is 0. The molecule has 2 rings (SSSR count). The summed E-state index contributed by atoms with van der Waals surface area (Å²) in [5.41, 5.74) is 5.82. The molecule has 122 valence electrons. The number of carbonyl (C=O) groups is 2. The average molecular weight is 354 g/mol. The Morgan fingerprint density at radius 3 is 2.52 bits per heavy atom. The highest BCUT2D eigenvalue weighted by atomic mass is 35.5. The van der Waals surface area contributed by atoms with E-state index in [-0.39, 0.29) is 5.92 Å². The lowest BCUT2D eigenvalue weighted by molar-refractivity contribution is -0.120. The molecule has 0 radical (unpaired) electrons. The number of nitrogens with zero attached hydrogens (tertiary/aromatic N) is 1. The Kier molecular flexibility index (Phi) is 5.68. The summed E-state index contributed by atoms with van der Waals surface area (Å²) in [6, 6.07) is 6.26. The summed E-state index contributed by atoms with van der Waals surface area (Å²) in [5, 5.41) is 2.51. The number of thioether (sulfide) groups is 1. The molecule has 1 heterocycles. The van der Waals surface area contributed by atoms with Crippen LogP contribution in [0.3, 0.4) is 0 Å². The summed E-state index contributed by atoms with van der Waals surface area (Å²) in [4.78, 5) is 27.0. The van der Waals surface area contributed by atoms with Crippen molar-refractivity contribution in [2.24, 2.45) is 11.7 Å². The van der Waals surface area contributed by atoms with E-state index in [4.69, 9.17) is 21.8 Å². The number of nitrogens with one attached hydrogen (secondary N) is 1. The molecule has 0 fully saturated rings. The molecule has 0 bridgehead atoms. The van der Waals surface area contributed by atoms with Crippen LogP contribution in [0.5, 0.6) is 0 Å². The molecule has 2 aromatic rings. The number of nitrogens with two attached hydrogens (primary N) is 1. The molecular formula is C15H16ClN3O3S. The summed E-state index contributed by atoms with van der Waals surface area (Å²) in [6.07, 6.45) is 1.58. The first-order valence-electron chi connectivity index (χ1n) is 6.85. The topological polar surface area (TPSA) is 98.2 Å². The molecule has 3 amide bonds. The maximum Gasteiger partial charge on any atom is 0.318 e. The molecule has 0 saturated heterocycles. The zero-order chi connectivity index (χ0) is 17.0. The van der Waals surface area contributed by atoms with Crippen LogP contribution >= 0.6 is 23.4 Å². The van der Waals surface area contributed by atoms with Gasteiger partial charge in [-0.3, -0.25) is 10.1 Å². The summed E-state index contributed by atoms with van der Waals surface area (Å²) in [5.74, 6) is 0.0657. The van der Waals surface area contributed by atoms with Crippen LogP contribution in [0, 0.1) is 5.92 Å². The molecule has 6 nitrogen and oxygen atoms in total. The Labute approximate surface area is 142 Å². The van der Waals surface area contributed by atoms with E-state index in [1.165, 1.54) is 0 Å². The zero-order valence-corrected chi connectivity index (χ0v) is 14.1. The first-order chi connectivity index (χ1) is 10.9. The highest BCUT2D eigenvalue weighted by Crippen LogP contribution is 2.31. The number of benzene rings is 1. The minimum absolute atomic E-state index is 0.0368. The predicted octanol–water partition coefficient (Wildman–Crippen LogP) is 3.31. The van der Waals surface area contributed by atoms with Crippen molar-refractivity contribution >= 4 is 35.3 Å². The summed E-state index contributed by atoms with van der Waals surface area (Å²) < 4.78 is 5.66. The van der Waals surface area contributed by atoms with Gasteiger partial charge in [-0.15, -0.1) is 0 Å². The average Bonchev–Trinajstić information content (AvgIpc) is 2.93. The second-order valence-corrected chi connectivity index (χ2v) is 6.66. The van der Waals surface area contributed by atoms with E-state index in [2.05, 4.69) is 10.3 Å². The number of imide groups is 1. The molecule has 0 aliphatic carbocycles. The number of amides is 3. The Bertz CT molecular complexity index is 700. The van der Waals surface area contributed by atoms with Crippen molar-refractivity contribution in [2.45, 2.75) is 24.3 Å². The van der Waals surface area contributed by atoms with Gasteiger partial charge in [0.15, 0.2) is 5.76 Å². The molecule has 23 heavy (non-hydrogen) atoms. The molecule has 0 aliphatic rings. The summed E-state index contributed by atoms with van der Waals surface area (Å²) >= 11 is 6.99. The molecule has 0 saturated carbocycles. The van der Waals surface area contributed by atoms with E-state index in [0.29, 0.717) is 16.0 Å². The Balaban J connectivity index is 2.14. The van der Waals surface area contributed by atoms with Crippen LogP contribution in [-0.4, -0.2) is 22.2 Å². The van der Waals surface area contributed by atoms with Crippen molar-refractivity contribution < 1.29 is 14.0 Å². The van der Waals surface area contributed by atoms with Gasteiger partial charge in [-0.1, -0.05) is 37.2 Å². The maximum absolute atomic E-state index is 12.0. The Morgan fingerprint density at radius 1 is 1.30 bits per heavy atom. The number of rotatable bonds is 5. The monoisotopic (exact) mass is 353 g/mol. The molecule has 1 atom stereocenters. The number of carbonyl (C=O) groups excluding carboxylic acids is 2. The second-order valence-electron chi connectivity index (χ2n) is 5.13. The number of aromatic nitrogens is 1. The smallest absolute Gasteiger partial charge is 0.318 e. The van der Waals surface area contributed by atoms with Gasteiger partial charge in [0.05, 0.1) is 11.4 Å². The van der Waals surface area contributed by atoms with Crippen molar-refractivity contribution in [1.29, 1.82) is 0 Å². The van der Waals surface area contributed by atoms with Crippen LogP contribution in [0.2, 0.25) is 5.02 Å². The van der Waals surface area contributed by atoms with Crippen molar-refractivity contribution in [3.8, 4) is 11.3 Å². The third-order valence-electron chi connectivity index (χ3n) is 2.95. The Morgan fingerprint density at radius 2 is 1.96 bits per heavy atom. The largest absolute Gasteiger partial charge is 0.431 e. The third-order valence-corrected chi connectivity index (χ3v) is 4.61. The van der Waals surface area contributed by atoms with Gasteiger partial charge in [0, 0.05) is 10.6 Å². The normalized spacial score (nSPS) is 12.2. The fourth-order valence-electron chi connectivity index (χ4n) is 1.85. The fourth-order valence-corrected chi connectivity index (χ4v) is 2.89. The van der Waals surface area contributed by atoms with Gasteiger partial charge in [0.2, 0.25) is 5.91 Å². The number of halogens is 1. The molecular weight excluding hydrogens is 338 g/mol. The minimum Gasteiger partial charge on any atom is -0.431 e. The number of hydrogen-bond donors (Lipinski definition) is 2. The molecule has 3 N–H and O–H groups in total. The predicted molar refractivity (Wildman–Crippen MR) is 89.2 cm³/mol. The first kappa shape index (κ1) is 17.4.